The van der Waals surface area contributed by atoms with Crippen molar-refractivity contribution in [2.45, 2.75) is 40.0 Å². The number of methoxy groups -OCH3 is 1. The second kappa shape index (κ2) is 7.46. The van der Waals surface area contributed by atoms with E-state index in [1.165, 1.54) is 37.7 Å². The number of aryl methyl sites for hydroxylation is 2. The van der Waals surface area contributed by atoms with Gasteiger partial charge in [0.05, 0.1) is 25.6 Å². The third-order valence-electron chi connectivity index (χ3n) is 4.92. The maximum atomic E-state index is 12.6. The average Bonchev–Trinajstić information content (AvgIpc) is 2.51. The summed E-state index contributed by atoms with van der Waals surface area (Å²) in [5, 5.41) is 3.17. The van der Waals surface area contributed by atoms with Crippen LogP contribution in [0.3, 0.4) is 0 Å². The summed E-state index contributed by atoms with van der Waals surface area (Å²) < 4.78 is 5.28. The van der Waals surface area contributed by atoms with Crippen molar-refractivity contribution in [1.82, 2.24) is 0 Å². The van der Waals surface area contributed by atoms with Crippen LogP contribution in [-0.4, -0.2) is 37.7 Å². The van der Waals surface area contributed by atoms with E-state index < -0.39 is 7.26 Å². The van der Waals surface area contributed by atoms with Crippen LogP contribution in [-0.2, 0) is 4.79 Å². The molecule has 2 rings (SSSR count). The van der Waals surface area contributed by atoms with Gasteiger partial charge in [-0.1, -0.05) is 0 Å². The zero-order valence-corrected chi connectivity index (χ0v) is 15.3. The molecule has 1 aromatic rings. The minimum Gasteiger partial charge on any atom is -0.497 e. The number of hydrogen-bond acceptors (Lipinski definition) is 2. The molecule has 1 aromatic carbocycles. The quantitative estimate of drug-likeness (QED) is 0.812. The molecule has 1 saturated heterocycles. The molecule has 1 fully saturated rings. The summed E-state index contributed by atoms with van der Waals surface area (Å²) in [6.45, 7) is 6.32. The summed E-state index contributed by atoms with van der Waals surface area (Å²) in [4.78, 5) is 12.6. The normalized spacial score (nSPS) is 17.1. The molecular weight excluding hydrogens is 293 g/mol. The first kappa shape index (κ1) is 17.3. The number of ether oxygens (including phenoxy) is 1. The van der Waals surface area contributed by atoms with Gasteiger partial charge in [0.25, 0.3) is 5.91 Å². The predicted octanol–water partition coefficient (Wildman–Crippen LogP) is 4.47. The summed E-state index contributed by atoms with van der Waals surface area (Å²) in [6.07, 6.45) is 8.55. The van der Waals surface area contributed by atoms with Crippen LogP contribution in [0.5, 0.6) is 5.75 Å². The molecule has 0 atom stereocenters. The Hall–Kier alpha value is -1.08. The van der Waals surface area contributed by atoms with Gasteiger partial charge in [-0.25, -0.2) is 0 Å². The molecule has 0 radical (unpaired) electrons. The molecule has 0 spiro atoms. The van der Waals surface area contributed by atoms with Crippen molar-refractivity contribution in [3.63, 3.8) is 0 Å². The van der Waals surface area contributed by atoms with Crippen LogP contribution in [0.1, 0.15) is 37.3 Å². The van der Waals surface area contributed by atoms with Gasteiger partial charge in [0.15, 0.2) is 0 Å². The molecule has 1 heterocycles. The topological polar surface area (TPSA) is 38.3 Å². The Labute approximate surface area is 135 Å². The van der Waals surface area contributed by atoms with E-state index in [0.29, 0.717) is 0 Å². The number of nitrogens with one attached hydrogen (secondary N) is 1. The highest BCUT2D eigenvalue weighted by atomic mass is 31.2. The number of amides is 1. The van der Waals surface area contributed by atoms with E-state index in [9.17, 15) is 4.79 Å². The maximum Gasteiger partial charge on any atom is 0.261 e. The van der Waals surface area contributed by atoms with Crippen LogP contribution in [0, 0.1) is 13.8 Å². The molecule has 0 aliphatic carbocycles. The fourth-order valence-corrected chi connectivity index (χ4v) is 7.36. The molecular formula is C18H29NO2P+. The lowest BCUT2D eigenvalue weighted by atomic mass is 10.1. The Morgan fingerprint density at radius 2 is 1.77 bits per heavy atom. The third kappa shape index (κ3) is 4.01. The molecule has 1 N–H and O–H groups in total. The molecule has 0 bridgehead atoms. The molecule has 0 saturated carbocycles. The summed E-state index contributed by atoms with van der Waals surface area (Å²) in [6, 6.07) is 3.96. The number of benzene rings is 1. The molecule has 0 unspecified atom stereocenters. The SMILES string of the molecule is CC[P+]1(CC(=O)Nc2c(C)cc(OC)cc2C)CCCCC1. The number of carbonyl (C=O) groups excluding carboxylic acids is 1. The first-order valence-electron chi connectivity index (χ1n) is 8.30. The fourth-order valence-electron chi connectivity index (χ4n) is 3.49. The Morgan fingerprint density at radius 3 is 2.27 bits per heavy atom. The largest absolute Gasteiger partial charge is 0.497 e. The highest BCUT2D eigenvalue weighted by molar-refractivity contribution is 7.76. The molecule has 4 heteroatoms. The minimum absolute atomic E-state index is 0.202. The van der Waals surface area contributed by atoms with E-state index in [1.807, 2.05) is 26.0 Å². The summed E-state index contributed by atoms with van der Waals surface area (Å²) in [5.41, 5.74) is 3.09. The lowest BCUT2D eigenvalue weighted by Crippen LogP contribution is -2.25. The van der Waals surface area contributed by atoms with Crippen LogP contribution < -0.4 is 10.1 Å². The second-order valence-electron chi connectivity index (χ2n) is 6.51. The van der Waals surface area contributed by atoms with Gasteiger partial charge in [0.2, 0.25) is 0 Å². The van der Waals surface area contributed by atoms with E-state index in [1.54, 1.807) is 7.11 Å². The first-order chi connectivity index (χ1) is 10.5. The number of carbonyl (C=O) groups is 1. The Bertz CT molecular complexity index is 513. The first-order valence-corrected chi connectivity index (χ1v) is 10.8. The van der Waals surface area contributed by atoms with Gasteiger partial charge in [0, 0.05) is 12.9 Å². The van der Waals surface area contributed by atoms with Gasteiger partial charge >= 0.3 is 0 Å². The molecule has 122 valence electrons. The summed E-state index contributed by atoms with van der Waals surface area (Å²) in [7, 11) is 0.625. The Balaban J connectivity index is 2.08. The van der Waals surface area contributed by atoms with Gasteiger partial charge in [0.1, 0.15) is 11.9 Å². The summed E-state index contributed by atoms with van der Waals surface area (Å²) in [5.74, 6) is 1.05. The van der Waals surface area contributed by atoms with E-state index in [-0.39, 0.29) is 5.91 Å². The Kier molecular flexibility index (Phi) is 5.86. The smallest absolute Gasteiger partial charge is 0.261 e. The van der Waals surface area contributed by atoms with E-state index in [0.717, 1.165) is 28.7 Å². The third-order valence-corrected chi connectivity index (χ3v) is 9.75. The lowest BCUT2D eigenvalue weighted by molar-refractivity contribution is -0.113. The van der Waals surface area contributed by atoms with Crippen molar-refractivity contribution in [2.24, 2.45) is 0 Å². The van der Waals surface area contributed by atoms with Crippen molar-refractivity contribution in [3.05, 3.63) is 23.3 Å². The average molecular weight is 322 g/mol. The number of anilines is 1. The van der Waals surface area contributed by atoms with Crippen LogP contribution in [0.2, 0.25) is 0 Å². The molecule has 1 aliphatic heterocycles. The minimum atomic E-state index is -1.05. The van der Waals surface area contributed by atoms with Crippen molar-refractivity contribution in [2.75, 3.05) is 37.1 Å². The van der Waals surface area contributed by atoms with Crippen LogP contribution in [0.25, 0.3) is 0 Å². The zero-order valence-electron chi connectivity index (χ0n) is 14.4. The van der Waals surface area contributed by atoms with Crippen LogP contribution in [0.4, 0.5) is 5.69 Å². The highest BCUT2D eigenvalue weighted by Crippen LogP contribution is 2.61. The predicted molar refractivity (Wildman–Crippen MR) is 97.0 cm³/mol. The van der Waals surface area contributed by atoms with Gasteiger partial charge < -0.3 is 10.1 Å². The number of hydrogen-bond donors (Lipinski definition) is 1. The molecule has 1 aliphatic rings. The fraction of sp³-hybridized carbons (Fsp3) is 0.611. The van der Waals surface area contributed by atoms with E-state index in [4.69, 9.17) is 4.74 Å². The Morgan fingerprint density at radius 1 is 1.18 bits per heavy atom. The van der Waals surface area contributed by atoms with Crippen molar-refractivity contribution >= 4 is 18.9 Å². The molecule has 22 heavy (non-hydrogen) atoms. The molecule has 3 nitrogen and oxygen atoms in total. The van der Waals surface area contributed by atoms with Crippen LogP contribution in [0.15, 0.2) is 12.1 Å². The van der Waals surface area contributed by atoms with Gasteiger partial charge in [-0.05, 0) is 63.3 Å². The van der Waals surface area contributed by atoms with Crippen LogP contribution >= 0.6 is 7.26 Å². The van der Waals surface area contributed by atoms with Crippen molar-refractivity contribution in [3.8, 4) is 5.75 Å². The summed E-state index contributed by atoms with van der Waals surface area (Å²) >= 11 is 0. The van der Waals surface area contributed by atoms with Crippen molar-refractivity contribution in [1.29, 1.82) is 0 Å². The standard InChI is InChI=1S/C18H28NO2P/c1-5-22(9-7-6-8-10-22)13-17(20)19-18-14(2)11-16(21-4)12-15(18)3/h11-12H,5-10,13H2,1-4H3/p+1. The van der Waals surface area contributed by atoms with E-state index >= 15 is 0 Å². The number of rotatable bonds is 5. The van der Waals surface area contributed by atoms with Gasteiger partial charge in [-0.3, -0.25) is 4.79 Å². The zero-order chi connectivity index (χ0) is 16.2. The van der Waals surface area contributed by atoms with Gasteiger partial charge in [-0.15, -0.1) is 0 Å². The monoisotopic (exact) mass is 322 g/mol. The van der Waals surface area contributed by atoms with Gasteiger partial charge in [-0.2, -0.15) is 0 Å². The molecule has 0 aromatic heterocycles. The highest BCUT2D eigenvalue weighted by Gasteiger charge is 2.39. The van der Waals surface area contributed by atoms with E-state index in [2.05, 4.69) is 12.2 Å². The molecule has 1 amide bonds. The second-order valence-corrected chi connectivity index (χ2v) is 11.0. The lowest BCUT2D eigenvalue weighted by Gasteiger charge is -2.29. The van der Waals surface area contributed by atoms with Crippen molar-refractivity contribution < 1.29 is 9.53 Å². The maximum absolute atomic E-state index is 12.6.